The van der Waals surface area contributed by atoms with E-state index in [1.165, 1.54) is 6.33 Å². The Hall–Kier alpha value is -1.36. The van der Waals surface area contributed by atoms with E-state index in [-0.39, 0.29) is 5.92 Å². The minimum atomic E-state index is -0.888. The zero-order chi connectivity index (χ0) is 14.1. The van der Waals surface area contributed by atoms with Gasteiger partial charge in [-0.3, -0.25) is 0 Å². The Morgan fingerprint density at radius 3 is 2.22 bits per heavy atom. The summed E-state index contributed by atoms with van der Waals surface area (Å²) in [4.78, 5) is 8.26. The first-order valence-electron chi connectivity index (χ1n) is 6.17. The molecule has 1 heterocycles. The van der Waals surface area contributed by atoms with Gasteiger partial charge < -0.3 is 16.2 Å². The maximum absolute atomic E-state index is 10.2. The molecule has 0 radical (unpaired) electrons. The van der Waals surface area contributed by atoms with Crippen LogP contribution in [0.2, 0.25) is 0 Å². The lowest BCUT2D eigenvalue weighted by Crippen LogP contribution is -2.51. The molecule has 0 amide bonds. The van der Waals surface area contributed by atoms with E-state index in [0.29, 0.717) is 11.6 Å². The van der Waals surface area contributed by atoms with E-state index >= 15 is 0 Å². The maximum atomic E-state index is 10.2. The Labute approximate surface area is 109 Å². The summed E-state index contributed by atoms with van der Waals surface area (Å²) in [6, 6.07) is 0. The molecule has 1 aromatic rings. The number of nitrogen functional groups attached to an aromatic ring is 1. The Morgan fingerprint density at radius 2 is 1.78 bits per heavy atom. The van der Waals surface area contributed by atoms with Gasteiger partial charge in [-0.25, -0.2) is 9.97 Å². The highest BCUT2D eigenvalue weighted by Gasteiger charge is 2.36. The normalized spacial score (nSPS) is 12.9. The molecule has 102 valence electrons. The van der Waals surface area contributed by atoms with Crippen LogP contribution >= 0.6 is 0 Å². The summed E-state index contributed by atoms with van der Waals surface area (Å²) >= 11 is 0. The molecule has 1 aromatic heterocycles. The van der Waals surface area contributed by atoms with Crippen molar-refractivity contribution in [3.63, 3.8) is 0 Å². The molecule has 0 atom stereocenters. The molecule has 0 aliphatic heterocycles. The molecule has 0 bridgehead atoms. The standard InChI is InChI=1S/C13H24N4O/c1-8(2)9-10(14)15-7-16-11(9)17-12(3,4)13(5,6)18/h7-8,18H,1-6H3,(H3,14,15,16,17). The minimum Gasteiger partial charge on any atom is -0.388 e. The Balaban J connectivity index is 3.17. The summed E-state index contributed by atoms with van der Waals surface area (Å²) in [6.07, 6.45) is 1.43. The average Bonchev–Trinajstić information content (AvgIpc) is 2.14. The van der Waals surface area contributed by atoms with E-state index in [0.717, 1.165) is 5.56 Å². The SMILES string of the molecule is CC(C)c1c(N)ncnc1NC(C)(C)C(C)(C)O. The highest BCUT2D eigenvalue weighted by molar-refractivity contribution is 5.57. The molecular weight excluding hydrogens is 228 g/mol. The van der Waals surface area contributed by atoms with Crippen LogP contribution in [0.4, 0.5) is 11.6 Å². The van der Waals surface area contributed by atoms with Gasteiger partial charge in [0.25, 0.3) is 0 Å². The van der Waals surface area contributed by atoms with Crippen molar-refractivity contribution in [1.82, 2.24) is 9.97 Å². The second-order valence-electron chi connectivity index (χ2n) is 5.98. The molecule has 4 N–H and O–H groups in total. The number of aliphatic hydroxyl groups is 1. The lowest BCUT2D eigenvalue weighted by Gasteiger charge is -2.39. The van der Waals surface area contributed by atoms with Gasteiger partial charge in [-0.15, -0.1) is 0 Å². The van der Waals surface area contributed by atoms with Crippen LogP contribution in [-0.4, -0.2) is 26.2 Å². The van der Waals surface area contributed by atoms with Gasteiger partial charge in [0.2, 0.25) is 0 Å². The first-order chi connectivity index (χ1) is 8.06. The molecule has 0 aliphatic carbocycles. The number of nitrogens with zero attached hydrogens (tertiary/aromatic N) is 2. The van der Waals surface area contributed by atoms with Crippen LogP contribution in [0.5, 0.6) is 0 Å². The van der Waals surface area contributed by atoms with Crippen LogP contribution in [0.3, 0.4) is 0 Å². The number of nitrogens with one attached hydrogen (secondary N) is 1. The number of nitrogens with two attached hydrogens (primary N) is 1. The zero-order valence-corrected chi connectivity index (χ0v) is 12.1. The third-order valence-electron chi connectivity index (χ3n) is 3.45. The van der Waals surface area contributed by atoms with Gasteiger partial charge in [0.05, 0.1) is 11.1 Å². The summed E-state index contributed by atoms with van der Waals surface area (Å²) in [6.45, 7) is 11.5. The van der Waals surface area contributed by atoms with Crippen LogP contribution in [0.1, 0.15) is 53.0 Å². The largest absolute Gasteiger partial charge is 0.388 e. The molecule has 0 fully saturated rings. The number of hydrogen-bond donors (Lipinski definition) is 3. The first kappa shape index (κ1) is 14.7. The van der Waals surface area contributed by atoms with E-state index in [9.17, 15) is 5.11 Å². The van der Waals surface area contributed by atoms with Crippen molar-refractivity contribution in [2.75, 3.05) is 11.1 Å². The van der Waals surface area contributed by atoms with Gasteiger partial charge in [0.15, 0.2) is 0 Å². The van der Waals surface area contributed by atoms with Crippen LogP contribution in [0.25, 0.3) is 0 Å². The van der Waals surface area contributed by atoms with Crippen LogP contribution < -0.4 is 11.1 Å². The molecule has 18 heavy (non-hydrogen) atoms. The van der Waals surface area contributed by atoms with Gasteiger partial charge >= 0.3 is 0 Å². The van der Waals surface area contributed by atoms with Crippen molar-refractivity contribution in [3.05, 3.63) is 11.9 Å². The second-order valence-corrected chi connectivity index (χ2v) is 5.98. The molecule has 0 unspecified atom stereocenters. The number of aromatic nitrogens is 2. The smallest absolute Gasteiger partial charge is 0.135 e. The zero-order valence-electron chi connectivity index (χ0n) is 12.1. The van der Waals surface area contributed by atoms with E-state index in [2.05, 4.69) is 15.3 Å². The summed E-state index contributed by atoms with van der Waals surface area (Å²) < 4.78 is 0. The summed E-state index contributed by atoms with van der Waals surface area (Å²) in [5.41, 5.74) is 5.36. The highest BCUT2D eigenvalue weighted by Crippen LogP contribution is 2.31. The predicted molar refractivity (Wildman–Crippen MR) is 74.5 cm³/mol. The quantitative estimate of drug-likeness (QED) is 0.764. The monoisotopic (exact) mass is 252 g/mol. The third kappa shape index (κ3) is 2.90. The van der Waals surface area contributed by atoms with Crippen molar-refractivity contribution in [1.29, 1.82) is 0 Å². The molecule has 1 rings (SSSR count). The Kier molecular flexibility index (Phi) is 3.86. The van der Waals surface area contributed by atoms with E-state index in [1.807, 2.05) is 27.7 Å². The second kappa shape index (κ2) is 4.72. The summed E-state index contributed by atoms with van der Waals surface area (Å²) in [7, 11) is 0. The predicted octanol–water partition coefficient (Wildman–Crippen LogP) is 2.14. The van der Waals surface area contributed by atoms with Crippen LogP contribution in [0.15, 0.2) is 6.33 Å². The van der Waals surface area contributed by atoms with Crippen molar-refractivity contribution in [2.24, 2.45) is 0 Å². The third-order valence-corrected chi connectivity index (χ3v) is 3.45. The van der Waals surface area contributed by atoms with E-state index < -0.39 is 11.1 Å². The van der Waals surface area contributed by atoms with E-state index in [1.54, 1.807) is 13.8 Å². The minimum absolute atomic E-state index is 0.214. The van der Waals surface area contributed by atoms with Crippen molar-refractivity contribution in [2.45, 2.75) is 58.6 Å². The first-order valence-corrected chi connectivity index (χ1v) is 6.17. The molecule has 0 aliphatic rings. The molecule has 5 nitrogen and oxygen atoms in total. The van der Waals surface area contributed by atoms with Gasteiger partial charge in [-0.2, -0.15) is 0 Å². The summed E-state index contributed by atoms with van der Waals surface area (Å²) in [5, 5.41) is 13.4. The number of rotatable bonds is 4. The van der Waals surface area contributed by atoms with Gasteiger partial charge in [0, 0.05) is 5.56 Å². The number of hydrogen-bond acceptors (Lipinski definition) is 5. The fraction of sp³-hybridized carbons (Fsp3) is 0.692. The van der Waals surface area contributed by atoms with Gasteiger partial charge in [-0.05, 0) is 33.6 Å². The van der Waals surface area contributed by atoms with E-state index in [4.69, 9.17) is 5.73 Å². The lowest BCUT2D eigenvalue weighted by molar-refractivity contribution is 0.0238. The van der Waals surface area contributed by atoms with Gasteiger partial charge in [0.1, 0.15) is 18.0 Å². The lowest BCUT2D eigenvalue weighted by atomic mass is 9.85. The molecular formula is C13H24N4O. The fourth-order valence-electron chi connectivity index (χ4n) is 1.53. The molecule has 5 heteroatoms. The van der Waals surface area contributed by atoms with Gasteiger partial charge in [-0.1, -0.05) is 13.8 Å². The average molecular weight is 252 g/mol. The molecule has 0 spiro atoms. The molecule has 0 saturated heterocycles. The topological polar surface area (TPSA) is 84.1 Å². The maximum Gasteiger partial charge on any atom is 0.135 e. The number of anilines is 2. The molecule has 0 aromatic carbocycles. The Morgan fingerprint density at radius 1 is 1.22 bits per heavy atom. The van der Waals surface area contributed by atoms with Crippen LogP contribution in [0, 0.1) is 0 Å². The summed E-state index contributed by atoms with van der Waals surface area (Å²) in [5.74, 6) is 1.38. The van der Waals surface area contributed by atoms with Crippen LogP contribution in [-0.2, 0) is 0 Å². The van der Waals surface area contributed by atoms with Crippen molar-refractivity contribution in [3.8, 4) is 0 Å². The van der Waals surface area contributed by atoms with Crippen molar-refractivity contribution >= 4 is 11.6 Å². The Bertz CT molecular complexity index is 421. The fourth-order valence-corrected chi connectivity index (χ4v) is 1.53. The van der Waals surface area contributed by atoms with Crippen molar-refractivity contribution < 1.29 is 5.11 Å². The highest BCUT2D eigenvalue weighted by atomic mass is 16.3. The molecule has 0 saturated carbocycles.